The molecular weight excluding hydrogens is 360 g/mol. The number of nitrogens with zero attached hydrogens (tertiary/aromatic N) is 2. The van der Waals surface area contributed by atoms with Gasteiger partial charge in [-0.25, -0.2) is 9.37 Å². The summed E-state index contributed by atoms with van der Waals surface area (Å²) in [6, 6.07) is 2.01. The number of alkyl halides is 3. The normalized spacial score (nSPS) is 11.3. The maximum Gasteiger partial charge on any atom is 0.419 e. The summed E-state index contributed by atoms with van der Waals surface area (Å²) in [7, 11) is 1.36. The predicted molar refractivity (Wildman–Crippen MR) is 67.8 cm³/mol. The average molecular weight is 367 g/mol. The van der Waals surface area contributed by atoms with E-state index < -0.39 is 17.6 Å². The number of benzene rings is 1. The SMILES string of the molecule is COc1nc(Oc2ccc(F)c(C(F)(F)F)c2)ncc1Br. The second-order valence-corrected chi connectivity index (χ2v) is 4.61. The van der Waals surface area contributed by atoms with Crippen LogP contribution in [-0.4, -0.2) is 17.1 Å². The first-order valence-corrected chi connectivity index (χ1v) is 6.21. The lowest BCUT2D eigenvalue weighted by Crippen LogP contribution is -2.08. The van der Waals surface area contributed by atoms with Crippen molar-refractivity contribution in [2.45, 2.75) is 6.18 Å². The van der Waals surface area contributed by atoms with Gasteiger partial charge in [0.1, 0.15) is 11.6 Å². The van der Waals surface area contributed by atoms with Gasteiger partial charge < -0.3 is 9.47 Å². The molecule has 2 rings (SSSR count). The van der Waals surface area contributed by atoms with Crippen LogP contribution in [0, 0.1) is 5.82 Å². The van der Waals surface area contributed by atoms with E-state index in [-0.39, 0.29) is 17.6 Å². The minimum absolute atomic E-state index is 0.151. The van der Waals surface area contributed by atoms with Gasteiger partial charge in [0.2, 0.25) is 5.88 Å². The van der Waals surface area contributed by atoms with E-state index in [1.54, 1.807) is 0 Å². The fourth-order valence-electron chi connectivity index (χ4n) is 1.42. The van der Waals surface area contributed by atoms with Crippen LogP contribution in [0.4, 0.5) is 17.6 Å². The molecule has 0 saturated heterocycles. The Balaban J connectivity index is 2.32. The molecule has 0 fully saturated rings. The third-order valence-electron chi connectivity index (χ3n) is 2.34. The standard InChI is InChI=1S/C12H7BrF4N2O2/c1-20-10-8(13)5-18-11(19-10)21-6-2-3-9(14)7(4-6)12(15,16)17/h2-5H,1H3. The van der Waals surface area contributed by atoms with Crippen molar-refractivity contribution in [3.05, 3.63) is 40.2 Å². The van der Waals surface area contributed by atoms with E-state index in [4.69, 9.17) is 9.47 Å². The molecule has 1 aromatic carbocycles. The summed E-state index contributed by atoms with van der Waals surface area (Å²) in [6.07, 6.45) is -3.50. The Bertz CT molecular complexity index is 664. The summed E-state index contributed by atoms with van der Waals surface area (Å²) in [5.41, 5.74) is -1.43. The van der Waals surface area contributed by atoms with Crippen LogP contribution in [0.5, 0.6) is 17.6 Å². The molecule has 1 aromatic heterocycles. The highest BCUT2D eigenvalue weighted by Gasteiger charge is 2.34. The van der Waals surface area contributed by atoms with E-state index in [1.807, 2.05) is 0 Å². The zero-order valence-corrected chi connectivity index (χ0v) is 12.0. The summed E-state index contributed by atoms with van der Waals surface area (Å²) < 4.78 is 61.3. The highest BCUT2D eigenvalue weighted by Crippen LogP contribution is 2.34. The first-order chi connectivity index (χ1) is 9.81. The van der Waals surface area contributed by atoms with E-state index in [0.29, 0.717) is 16.6 Å². The quantitative estimate of drug-likeness (QED) is 0.763. The second-order valence-electron chi connectivity index (χ2n) is 3.75. The summed E-state index contributed by atoms with van der Waals surface area (Å²) in [4.78, 5) is 7.58. The largest absolute Gasteiger partial charge is 0.480 e. The monoisotopic (exact) mass is 366 g/mol. The van der Waals surface area contributed by atoms with Crippen LogP contribution < -0.4 is 9.47 Å². The highest BCUT2D eigenvalue weighted by atomic mass is 79.9. The molecule has 0 aliphatic heterocycles. The molecule has 0 aliphatic carbocycles. The van der Waals surface area contributed by atoms with Gasteiger partial charge in [-0.05, 0) is 34.1 Å². The number of rotatable bonds is 3. The van der Waals surface area contributed by atoms with Crippen molar-refractivity contribution in [3.63, 3.8) is 0 Å². The molecule has 0 amide bonds. The summed E-state index contributed by atoms with van der Waals surface area (Å²) >= 11 is 3.12. The molecule has 0 aliphatic rings. The molecule has 21 heavy (non-hydrogen) atoms. The third-order valence-corrected chi connectivity index (χ3v) is 2.88. The lowest BCUT2D eigenvalue weighted by molar-refractivity contribution is -0.140. The maximum absolute atomic E-state index is 13.1. The number of halogens is 5. The van der Waals surface area contributed by atoms with Gasteiger partial charge in [-0.15, -0.1) is 0 Å². The molecule has 0 bridgehead atoms. The van der Waals surface area contributed by atoms with Gasteiger partial charge in [0.15, 0.2) is 0 Å². The molecule has 112 valence electrons. The molecule has 0 atom stereocenters. The molecule has 0 radical (unpaired) electrons. The van der Waals surface area contributed by atoms with Gasteiger partial charge in [-0.1, -0.05) is 0 Å². The Morgan fingerprint density at radius 1 is 1.24 bits per heavy atom. The second kappa shape index (κ2) is 5.84. The highest BCUT2D eigenvalue weighted by molar-refractivity contribution is 9.10. The maximum atomic E-state index is 13.1. The summed E-state index contributed by atoms with van der Waals surface area (Å²) in [6.45, 7) is 0. The molecule has 0 saturated carbocycles. The predicted octanol–water partition coefficient (Wildman–Crippen LogP) is 4.20. The van der Waals surface area contributed by atoms with E-state index >= 15 is 0 Å². The number of ether oxygens (including phenoxy) is 2. The Labute approximate surface area is 124 Å². The van der Waals surface area contributed by atoms with Crippen molar-refractivity contribution in [1.29, 1.82) is 0 Å². The summed E-state index contributed by atoms with van der Waals surface area (Å²) in [5, 5.41) is 0. The van der Waals surface area contributed by atoms with Gasteiger partial charge in [-0.2, -0.15) is 18.2 Å². The molecule has 4 nitrogen and oxygen atoms in total. The Kier molecular flexibility index (Phi) is 4.31. The van der Waals surface area contributed by atoms with Crippen LogP contribution >= 0.6 is 15.9 Å². The van der Waals surface area contributed by atoms with Crippen LogP contribution in [0.1, 0.15) is 5.56 Å². The van der Waals surface area contributed by atoms with Crippen molar-refractivity contribution >= 4 is 15.9 Å². The van der Waals surface area contributed by atoms with Crippen molar-refractivity contribution in [1.82, 2.24) is 9.97 Å². The molecule has 2 aromatic rings. The molecule has 0 N–H and O–H groups in total. The minimum atomic E-state index is -4.82. The molecule has 1 heterocycles. The number of aromatic nitrogens is 2. The van der Waals surface area contributed by atoms with Crippen LogP contribution in [-0.2, 0) is 6.18 Å². The number of hydrogen-bond acceptors (Lipinski definition) is 4. The zero-order valence-electron chi connectivity index (χ0n) is 10.4. The van der Waals surface area contributed by atoms with E-state index in [2.05, 4.69) is 25.9 Å². The Morgan fingerprint density at radius 3 is 2.57 bits per heavy atom. The average Bonchev–Trinajstić information content (AvgIpc) is 2.42. The fraction of sp³-hybridized carbons (Fsp3) is 0.167. The lowest BCUT2D eigenvalue weighted by atomic mass is 10.2. The number of methoxy groups -OCH3 is 1. The van der Waals surface area contributed by atoms with Crippen LogP contribution in [0.2, 0.25) is 0 Å². The topological polar surface area (TPSA) is 44.2 Å². The molecular formula is C12H7BrF4N2O2. The van der Waals surface area contributed by atoms with E-state index in [1.165, 1.54) is 13.3 Å². The van der Waals surface area contributed by atoms with Crippen molar-refractivity contribution in [2.24, 2.45) is 0 Å². The molecule has 0 spiro atoms. The van der Waals surface area contributed by atoms with E-state index in [9.17, 15) is 17.6 Å². The fourth-order valence-corrected chi connectivity index (χ4v) is 1.77. The smallest absolute Gasteiger partial charge is 0.419 e. The van der Waals surface area contributed by atoms with E-state index in [0.717, 1.165) is 6.07 Å². The van der Waals surface area contributed by atoms with Crippen molar-refractivity contribution in [3.8, 4) is 17.6 Å². The van der Waals surface area contributed by atoms with Crippen LogP contribution in [0.15, 0.2) is 28.9 Å². The van der Waals surface area contributed by atoms with Gasteiger partial charge in [0.25, 0.3) is 0 Å². The van der Waals surface area contributed by atoms with Crippen molar-refractivity contribution < 1.29 is 27.0 Å². The van der Waals surface area contributed by atoms with Gasteiger partial charge >= 0.3 is 12.2 Å². The molecule has 0 unspecified atom stereocenters. The van der Waals surface area contributed by atoms with Crippen LogP contribution in [0.3, 0.4) is 0 Å². The minimum Gasteiger partial charge on any atom is -0.480 e. The molecule has 9 heteroatoms. The first kappa shape index (κ1) is 15.5. The first-order valence-electron chi connectivity index (χ1n) is 5.42. The van der Waals surface area contributed by atoms with Gasteiger partial charge in [0, 0.05) is 0 Å². The summed E-state index contributed by atoms with van der Waals surface area (Å²) in [5.74, 6) is -1.48. The van der Waals surface area contributed by atoms with Gasteiger partial charge in [0.05, 0.1) is 23.3 Å². The third kappa shape index (κ3) is 3.60. The number of hydrogen-bond donors (Lipinski definition) is 0. The van der Waals surface area contributed by atoms with Gasteiger partial charge in [-0.3, -0.25) is 0 Å². The Morgan fingerprint density at radius 2 is 1.95 bits per heavy atom. The van der Waals surface area contributed by atoms with Crippen molar-refractivity contribution in [2.75, 3.05) is 7.11 Å². The van der Waals surface area contributed by atoms with Crippen LogP contribution in [0.25, 0.3) is 0 Å². The Hall–Kier alpha value is -1.90. The zero-order chi connectivity index (χ0) is 15.6. The lowest BCUT2D eigenvalue weighted by Gasteiger charge is -2.10.